The molecule has 2 fully saturated rings. The second-order valence-corrected chi connectivity index (χ2v) is 7.20. The first-order valence-electron chi connectivity index (χ1n) is 7.50. The lowest BCUT2D eigenvalue weighted by Crippen LogP contribution is -2.38. The lowest BCUT2D eigenvalue weighted by molar-refractivity contribution is -0.0959. The number of halogens is 1. The van der Waals surface area contributed by atoms with Gasteiger partial charge in [0, 0.05) is 11.4 Å². The van der Waals surface area contributed by atoms with E-state index in [9.17, 15) is 0 Å². The molecule has 0 unspecified atom stereocenters. The molecule has 1 aromatic carbocycles. The normalized spacial score (nSPS) is 36.0. The average Bonchev–Trinajstić information content (AvgIpc) is 2.88. The monoisotopic (exact) mass is 294 g/mol. The summed E-state index contributed by atoms with van der Waals surface area (Å²) in [6, 6.07) is 7.88. The fourth-order valence-electron chi connectivity index (χ4n) is 3.63. The van der Waals surface area contributed by atoms with E-state index in [1.165, 1.54) is 0 Å². The summed E-state index contributed by atoms with van der Waals surface area (Å²) in [6.45, 7) is 7.32. The van der Waals surface area contributed by atoms with Gasteiger partial charge in [0.25, 0.3) is 0 Å². The highest BCUT2D eigenvalue weighted by Crippen LogP contribution is 2.55. The number of fused-ring (bicyclic) bond motifs is 2. The van der Waals surface area contributed by atoms with Gasteiger partial charge in [-0.3, -0.25) is 0 Å². The molecule has 0 N–H and O–H groups in total. The topological polar surface area (TPSA) is 18.5 Å². The van der Waals surface area contributed by atoms with Crippen molar-refractivity contribution in [3.8, 4) is 0 Å². The molecule has 0 aromatic heterocycles. The molecule has 2 nitrogen and oxygen atoms in total. The third-order valence-corrected chi connectivity index (χ3v) is 5.32. The van der Waals surface area contributed by atoms with Crippen LogP contribution in [-0.4, -0.2) is 17.3 Å². The van der Waals surface area contributed by atoms with E-state index in [1.807, 2.05) is 18.2 Å². The number of hydrogen-bond donors (Lipinski definition) is 0. The summed E-state index contributed by atoms with van der Waals surface area (Å²) >= 11 is 6.01. The van der Waals surface area contributed by atoms with Crippen molar-refractivity contribution in [1.82, 2.24) is 0 Å². The van der Waals surface area contributed by atoms with E-state index in [-0.39, 0.29) is 17.3 Å². The van der Waals surface area contributed by atoms with E-state index in [1.54, 1.807) is 0 Å². The minimum absolute atomic E-state index is 0.0355. The molecule has 0 saturated carbocycles. The van der Waals surface area contributed by atoms with Crippen LogP contribution in [0.15, 0.2) is 24.3 Å². The van der Waals surface area contributed by atoms with E-state index < -0.39 is 0 Å². The van der Waals surface area contributed by atoms with Crippen LogP contribution < -0.4 is 0 Å². The van der Waals surface area contributed by atoms with Crippen molar-refractivity contribution < 1.29 is 9.47 Å². The average molecular weight is 295 g/mol. The summed E-state index contributed by atoms with van der Waals surface area (Å²) in [5.41, 5.74) is 1.05. The summed E-state index contributed by atoms with van der Waals surface area (Å²) < 4.78 is 12.6. The van der Waals surface area contributed by atoms with Crippen molar-refractivity contribution in [3.63, 3.8) is 0 Å². The van der Waals surface area contributed by atoms with E-state index in [2.05, 4.69) is 26.8 Å². The molecule has 2 aliphatic heterocycles. The molecule has 0 radical (unpaired) electrons. The molecule has 3 rings (SSSR count). The Labute approximate surface area is 126 Å². The SMILES string of the molecule is CC(C)[C@@]12CC[C@@](C)(O1)[C@@H](OCc1cccc(Cl)c1)C2. The zero-order valence-corrected chi connectivity index (χ0v) is 13.2. The highest BCUT2D eigenvalue weighted by atomic mass is 35.5. The number of hydrogen-bond acceptors (Lipinski definition) is 2. The third kappa shape index (κ3) is 2.38. The molecule has 110 valence electrons. The first kappa shape index (κ1) is 14.4. The van der Waals surface area contributed by atoms with Crippen molar-refractivity contribution in [2.75, 3.05) is 0 Å². The first-order valence-corrected chi connectivity index (χ1v) is 7.88. The standard InChI is InChI=1S/C17H23ClO2/c1-12(2)17-8-7-16(3,20-17)15(10-17)19-11-13-5-4-6-14(18)9-13/h4-6,9,12,15H,7-8,10-11H2,1-3H3/t15-,16+,17-/m0/s1. The summed E-state index contributed by atoms with van der Waals surface area (Å²) in [6.07, 6.45) is 3.48. The van der Waals surface area contributed by atoms with Gasteiger partial charge >= 0.3 is 0 Å². The number of benzene rings is 1. The minimum Gasteiger partial charge on any atom is -0.370 e. The summed E-state index contributed by atoms with van der Waals surface area (Å²) in [5.74, 6) is 0.545. The molecule has 2 heterocycles. The quantitative estimate of drug-likeness (QED) is 0.808. The maximum atomic E-state index is 6.38. The molecule has 2 aliphatic rings. The maximum Gasteiger partial charge on any atom is 0.0924 e. The van der Waals surface area contributed by atoms with Crippen molar-refractivity contribution >= 4 is 11.6 Å². The van der Waals surface area contributed by atoms with Gasteiger partial charge in [0.05, 0.1) is 23.9 Å². The molecule has 20 heavy (non-hydrogen) atoms. The Morgan fingerprint density at radius 1 is 1.40 bits per heavy atom. The highest BCUT2D eigenvalue weighted by Gasteiger charge is 2.60. The molecule has 0 amide bonds. The Kier molecular flexibility index (Phi) is 3.60. The summed E-state index contributed by atoms with van der Waals surface area (Å²) in [7, 11) is 0. The molecule has 1 aromatic rings. The van der Waals surface area contributed by atoms with E-state index in [4.69, 9.17) is 21.1 Å². The molecular formula is C17H23ClO2. The van der Waals surface area contributed by atoms with Gasteiger partial charge in [-0.15, -0.1) is 0 Å². The van der Waals surface area contributed by atoms with Crippen LogP contribution in [0.1, 0.15) is 45.6 Å². The fraction of sp³-hybridized carbons (Fsp3) is 0.647. The van der Waals surface area contributed by atoms with Crippen LogP contribution in [0, 0.1) is 5.92 Å². The second-order valence-electron chi connectivity index (χ2n) is 6.77. The van der Waals surface area contributed by atoms with Crippen molar-refractivity contribution in [3.05, 3.63) is 34.9 Å². The predicted octanol–water partition coefficient (Wildman–Crippen LogP) is 4.59. The smallest absolute Gasteiger partial charge is 0.0924 e. The van der Waals surface area contributed by atoms with E-state index in [0.717, 1.165) is 29.8 Å². The lowest BCUT2D eigenvalue weighted by Gasteiger charge is -2.31. The van der Waals surface area contributed by atoms with Crippen LogP contribution in [0.4, 0.5) is 0 Å². The first-order chi connectivity index (χ1) is 9.43. The Balaban J connectivity index is 1.67. The van der Waals surface area contributed by atoms with Gasteiger partial charge in [-0.1, -0.05) is 37.6 Å². The van der Waals surface area contributed by atoms with Gasteiger partial charge in [0.1, 0.15) is 0 Å². The Bertz CT molecular complexity index is 502. The maximum absolute atomic E-state index is 6.38. The largest absolute Gasteiger partial charge is 0.370 e. The van der Waals surface area contributed by atoms with Gasteiger partial charge in [0.2, 0.25) is 0 Å². The number of ether oxygens (including phenoxy) is 2. The molecular weight excluding hydrogens is 272 g/mol. The van der Waals surface area contributed by atoms with Crippen LogP contribution in [0.2, 0.25) is 5.02 Å². The van der Waals surface area contributed by atoms with Crippen LogP contribution >= 0.6 is 11.6 Å². The molecule has 0 spiro atoms. The van der Waals surface area contributed by atoms with Gasteiger partial charge in [-0.05, 0) is 43.4 Å². The lowest BCUT2D eigenvalue weighted by atomic mass is 9.75. The Morgan fingerprint density at radius 2 is 2.20 bits per heavy atom. The molecule has 3 atom stereocenters. The van der Waals surface area contributed by atoms with Gasteiger partial charge < -0.3 is 9.47 Å². The molecule has 2 saturated heterocycles. The Hall–Kier alpha value is -0.570. The van der Waals surface area contributed by atoms with Crippen LogP contribution in [0.5, 0.6) is 0 Å². The third-order valence-electron chi connectivity index (χ3n) is 5.09. The molecule has 3 heteroatoms. The minimum atomic E-state index is -0.108. The second kappa shape index (κ2) is 5.01. The zero-order valence-electron chi connectivity index (χ0n) is 12.5. The number of rotatable bonds is 4. The highest BCUT2D eigenvalue weighted by molar-refractivity contribution is 6.30. The molecule has 0 aliphatic carbocycles. The van der Waals surface area contributed by atoms with Crippen molar-refractivity contribution in [1.29, 1.82) is 0 Å². The van der Waals surface area contributed by atoms with E-state index in [0.29, 0.717) is 12.5 Å². The van der Waals surface area contributed by atoms with Gasteiger partial charge in [0.15, 0.2) is 0 Å². The van der Waals surface area contributed by atoms with Crippen molar-refractivity contribution in [2.45, 2.75) is 63.9 Å². The van der Waals surface area contributed by atoms with Crippen LogP contribution in [0.25, 0.3) is 0 Å². The van der Waals surface area contributed by atoms with E-state index >= 15 is 0 Å². The molecule has 2 bridgehead atoms. The van der Waals surface area contributed by atoms with Gasteiger partial charge in [-0.2, -0.15) is 0 Å². The summed E-state index contributed by atoms with van der Waals surface area (Å²) in [4.78, 5) is 0. The summed E-state index contributed by atoms with van der Waals surface area (Å²) in [5, 5.41) is 0.764. The van der Waals surface area contributed by atoms with Crippen LogP contribution in [-0.2, 0) is 16.1 Å². The van der Waals surface area contributed by atoms with Gasteiger partial charge in [-0.25, -0.2) is 0 Å². The van der Waals surface area contributed by atoms with Crippen LogP contribution in [0.3, 0.4) is 0 Å². The Morgan fingerprint density at radius 3 is 2.85 bits per heavy atom. The zero-order chi connectivity index (χ0) is 14.4. The van der Waals surface area contributed by atoms with Crippen molar-refractivity contribution in [2.24, 2.45) is 5.92 Å². The fourth-order valence-corrected chi connectivity index (χ4v) is 3.84. The predicted molar refractivity (Wildman–Crippen MR) is 80.9 cm³/mol.